The molecular formula is C22H32F3IN4O2. The maximum atomic E-state index is 13.3. The molecule has 1 unspecified atom stereocenters. The standard InChI is InChI=1S/C22H31F3N4O2.HI/c1-3-19(30)29-10-7-18(14-29)28-20(26-2)27-15-21(8-11-31-12-9-21)16-5-4-6-17(13-16)22(23,24)25;/h4-6,13,18H,3,7-12,14-15H2,1-2H3,(H2,26,27,28);1H. The van der Waals surface area contributed by atoms with E-state index < -0.39 is 17.2 Å². The number of amides is 1. The lowest BCUT2D eigenvalue weighted by atomic mass is 9.73. The van der Waals surface area contributed by atoms with E-state index in [1.54, 1.807) is 13.1 Å². The van der Waals surface area contributed by atoms with Crippen LogP contribution in [0.2, 0.25) is 0 Å². The molecule has 180 valence electrons. The Morgan fingerprint density at radius 2 is 2.03 bits per heavy atom. The van der Waals surface area contributed by atoms with Gasteiger partial charge in [0.2, 0.25) is 5.91 Å². The summed E-state index contributed by atoms with van der Waals surface area (Å²) in [4.78, 5) is 18.0. The monoisotopic (exact) mass is 568 g/mol. The molecule has 0 aliphatic carbocycles. The van der Waals surface area contributed by atoms with Crippen LogP contribution in [-0.2, 0) is 21.1 Å². The second-order valence-corrected chi connectivity index (χ2v) is 8.22. The van der Waals surface area contributed by atoms with E-state index in [4.69, 9.17) is 4.74 Å². The van der Waals surface area contributed by atoms with Crippen molar-refractivity contribution in [2.75, 3.05) is 39.9 Å². The molecule has 1 atom stereocenters. The second kappa shape index (κ2) is 11.5. The number of ether oxygens (including phenoxy) is 1. The molecular weight excluding hydrogens is 536 g/mol. The molecule has 1 aromatic carbocycles. The Morgan fingerprint density at radius 1 is 1.31 bits per heavy atom. The molecule has 32 heavy (non-hydrogen) atoms. The van der Waals surface area contributed by atoms with Crippen LogP contribution in [-0.4, -0.2) is 62.7 Å². The minimum atomic E-state index is -4.38. The first kappa shape index (κ1) is 26.7. The number of nitrogens with one attached hydrogen (secondary N) is 2. The van der Waals surface area contributed by atoms with Crippen molar-refractivity contribution in [1.29, 1.82) is 0 Å². The molecule has 1 aromatic rings. The highest BCUT2D eigenvalue weighted by Crippen LogP contribution is 2.37. The average Bonchev–Trinajstić information content (AvgIpc) is 3.25. The highest BCUT2D eigenvalue weighted by atomic mass is 127. The Bertz CT molecular complexity index is 798. The SMILES string of the molecule is CCC(=O)N1CCC(NC(=NC)NCC2(c3cccc(C(F)(F)F)c3)CCOCC2)C1.I. The number of aliphatic imine (C=N–C) groups is 1. The van der Waals surface area contributed by atoms with Crippen LogP contribution in [0.15, 0.2) is 29.3 Å². The van der Waals surface area contributed by atoms with Crippen LogP contribution in [0.5, 0.6) is 0 Å². The number of likely N-dealkylation sites (tertiary alicyclic amines) is 1. The summed E-state index contributed by atoms with van der Waals surface area (Å²) in [5.41, 5.74) is -0.448. The van der Waals surface area contributed by atoms with E-state index in [1.165, 1.54) is 12.1 Å². The van der Waals surface area contributed by atoms with Crippen LogP contribution in [0.1, 0.15) is 43.7 Å². The van der Waals surface area contributed by atoms with Crippen molar-refractivity contribution < 1.29 is 22.7 Å². The van der Waals surface area contributed by atoms with Crippen LogP contribution in [0, 0.1) is 0 Å². The van der Waals surface area contributed by atoms with Crippen molar-refractivity contribution in [2.45, 2.75) is 50.2 Å². The third-order valence-corrected chi connectivity index (χ3v) is 6.25. The number of carbonyl (C=O) groups excluding carboxylic acids is 1. The lowest BCUT2D eigenvalue weighted by molar-refractivity contribution is -0.137. The average molecular weight is 568 g/mol. The molecule has 0 radical (unpaired) electrons. The Morgan fingerprint density at radius 3 is 2.66 bits per heavy atom. The van der Waals surface area contributed by atoms with E-state index in [9.17, 15) is 18.0 Å². The van der Waals surface area contributed by atoms with Crippen molar-refractivity contribution in [1.82, 2.24) is 15.5 Å². The molecule has 2 saturated heterocycles. The van der Waals surface area contributed by atoms with Crippen molar-refractivity contribution in [3.8, 4) is 0 Å². The molecule has 10 heteroatoms. The number of guanidine groups is 1. The van der Waals surface area contributed by atoms with E-state index in [0.29, 0.717) is 63.6 Å². The van der Waals surface area contributed by atoms with Crippen LogP contribution in [0.25, 0.3) is 0 Å². The van der Waals surface area contributed by atoms with Gasteiger partial charge < -0.3 is 20.3 Å². The third kappa shape index (κ3) is 6.49. The fraction of sp³-hybridized carbons (Fsp3) is 0.636. The fourth-order valence-electron chi connectivity index (χ4n) is 4.32. The number of halogens is 4. The van der Waals surface area contributed by atoms with E-state index in [1.807, 2.05) is 11.8 Å². The Kier molecular flexibility index (Phi) is 9.62. The summed E-state index contributed by atoms with van der Waals surface area (Å²) in [6.45, 7) is 4.64. The second-order valence-electron chi connectivity index (χ2n) is 8.22. The lowest BCUT2D eigenvalue weighted by Crippen LogP contribution is -2.50. The van der Waals surface area contributed by atoms with Gasteiger partial charge in [-0.15, -0.1) is 24.0 Å². The minimum absolute atomic E-state index is 0. The van der Waals surface area contributed by atoms with Crippen molar-refractivity contribution in [3.63, 3.8) is 0 Å². The minimum Gasteiger partial charge on any atom is -0.381 e. The van der Waals surface area contributed by atoms with Gasteiger partial charge in [-0.25, -0.2) is 0 Å². The van der Waals surface area contributed by atoms with Crippen LogP contribution in [0.4, 0.5) is 13.2 Å². The van der Waals surface area contributed by atoms with Crippen molar-refractivity contribution in [2.24, 2.45) is 4.99 Å². The molecule has 3 rings (SSSR count). The molecule has 0 bridgehead atoms. The Hall–Kier alpha value is -1.56. The summed E-state index contributed by atoms with van der Waals surface area (Å²) in [7, 11) is 1.67. The number of alkyl halides is 3. The van der Waals surface area contributed by atoms with Gasteiger partial charge >= 0.3 is 6.18 Å². The summed E-state index contributed by atoms with van der Waals surface area (Å²) in [5.74, 6) is 0.728. The summed E-state index contributed by atoms with van der Waals surface area (Å²) >= 11 is 0. The normalized spacial score (nSPS) is 21.1. The molecule has 0 aromatic heterocycles. The predicted molar refractivity (Wildman–Crippen MR) is 128 cm³/mol. The third-order valence-electron chi connectivity index (χ3n) is 6.25. The zero-order chi connectivity index (χ0) is 22.5. The lowest BCUT2D eigenvalue weighted by Gasteiger charge is -2.38. The summed E-state index contributed by atoms with van der Waals surface area (Å²) in [6.07, 6.45) is -1.81. The number of hydrogen-bond donors (Lipinski definition) is 2. The number of benzene rings is 1. The Balaban J connectivity index is 0.00000363. The summed E-state index contributed by atoms with van der Waals surface area (Å²) < 4.78 is 45.3. The largest absolute Gasteiger partial charge is 0.416 e. The smallest absolute Gasteiger partial charge is 0.381 e. The maximum absolute atomic E-state index is 13.3. The van der Waals surface area contributed by atoms with Crippen molar-refractivity contribution >= 4 is 35.8 Å². The van der Waals surface area contributed by atoms with Gasteiger partial charge in [0.25, 0.3) is 0 Å². The maximum Gasteiger partial charge on any atom is 0.416 e. The molecule has 2 aliphatic heterocycles. The van der Waals surface area contributed by atoms with Gasteiger partial charge in [-0.05, 0) is 30.9 Å². The number of carbonyl (C=O) groups is 1. The van der Waals surface area contributed by atoms with Crippen LogP contribution >= 0.6 is 24.0 Å². The molecule has 1 amide bonds. The first-order valence-electron chi connectivity index (χ1n) is 10.8. The molecule has 2 N–H and O–H groups in total. The van der Waals surface area contributed by atoms with Crippen LogP contribution in [0.3, 0.4) is 0 Å². The summed E-state index contributed by atoms with van der Waals surface area (Å²) in [5, 5.41) is 6.67. The number of rotatable bonds is 5. The zero-order valence-electron chi connectivity index (χ0n) is 18.5. The highest BCUT2D eigenvalue weighted by Gasteiger charge is 2.38. The summed E-state index contributed by atoms with van der Waals surface area (Å²) in [6, 6.07) is 5.70. The predicted octanol–water partition coefficient (Wildman–Crippen LogP) is 3.55. The zero-order valence-corrected chi connectivity index (χ0v) is 20.8. The first-order chi connectivity index (χ1) is 14.8. The van der Waals surface area contributed by atoms with Crippen molar-refractivity contribution in [3.05, 3.63) is 35.4 Å². The Labute approximate surface area is 204 Å². The molecule has 2 heterocycles. The van der Waals surface area contributed by atoms with Gasteiger partial charge in [0.05, 0.1) is 5.56 Å². The van der Waals surface area contributed by atoms with Gasteiger partial charge in [0, 0.05) is 57.8 Å². The quantitative estimate of drug-likeness (QED) is 0.324. The van der Waals surface area contributed by atoms with Gasteiger partial charge in [-0.3, -0.25) is 9.79 Å². The topological polar surface area (TPSA) is 66.0 Å². The first-order valence-corrected chi connectivity index (χ1v) is 10.8. The molecule has 0 spiro atoms. The van der Waals surface area contributed by atoms with Crippen LogP contribution < -0.4 is 10.6 Å². The van der Waals surface area contributed by atoms with E-state index in [0.717, 1.165) is 12.5 Å². The number of nitrogens with zero attached hydrogens (tertiary/aromatic N) is 2. The van der Waals surface area contributed by atoms with E-state index in [2.05, 4.69) is 15.6 Å². The van der Waals surface area contributed by atoms with Gasteiger partial charge in [0.15, 0.2) is 5.96 Å². The van der Waals surface area contributed by atoms with E-state index in [-0.39, 0.29) is 35.9 Å². The highest BCUT2D eigenvalue weighted by molar-refractivity contribution is 14.0. The fourth-order valence-corrected chi connectivity index (χ4v) is 4.32. The van der Waals surface area contributed by atoms with Gasteiger partial charge in [0.1, 0.15) is 0 Å². The van der Waals surface area contributed by atoms with Gasteiger partial charge in [-0.1, -0.05) is 25.1 Å². The van der Waals surface area contributed by atoms with Gasteiger partial charge in [-0.2, -0.15) is 13.2 Å². The molecule has 2 fully saturated rings. The molecule has 2 aliphatic rings. The molecule has 0 saturated carbocycles. The number of hydrogen-bond acceptors (Lipinski definition) is 3. The van der Waals surface area contributed by atoms with E-state index >= 15 is 0 Å². The molecule has 6 nitrogen and oxygen atoms in total.